The fourth-order valence-electron chi connectivity index (χ4n) is 2.52. The Labute approximate surface area is 155 Å². The highest BCUT2D eigenvalue weighted by Crippen LogP contribution is 2.29. The zero-order valence-corrected chi connectivity index (χ0v) is 14.2. The Balaban J connectivity index is 1.61. The van der Waals surface area contributed by atoms with E-state index in [1.54, 1.807) is 12.1 Å². The summed E-state index contributed by atoms with van der Waals surface area (Å²) in [6.45, 7) is 0. The summed E-state index contributed by atoms with van der Waals surface area (Å²) in [6, 6.07) is 21.7. The molecule has 3 aromatic carbocycles. The average molecular weight is 367 g/mol. The van der Waals surface area contributed by atoms with Crippen LogP contribution in [-0.4, -0.2) is 5.78 Å². The van der Waals surface area contributed by atoms with Crippen LogP contribution in [0.1, 0.15) is 15.9 Å². The van der Waals surface area contributed by atoms with E-state index in [9.17, 15) is 18.0 Å². The van der Waals surface area contributed by atoms with Crippen LogP contribution in [-0.2, 0) is 6.18 Å². The SMILES string of the molecule is O=C(C=CNc1ccc(C(F)(F)F)cc1)c1ccc(-c2ccccc2)cc1. The Morgan fingerprint density at radius 3 is 1.96 bits per heavy atom. The highest BCUT2D eigenvalue weighted by atomic mass is 19.4. The van der Waals surface area contributed by atoms with Gasteiger partial charge in [-0.1, -0.05) is 54.6 Å². The lowest BCUT2D eigenvalue weighted by Crippen LogP contribution is -2.04. The van der Waals surface area contributed by atoms with Gasteiger partial charge in [-0.25, -0.2) is 0 Å². The van der Waals surface area contributed by atoms with E-state index in [1.807, 2.05) is 42.5 Å². The molecule has 1 N–H and O–H groups in total. The van der Waals surface area contributed by atoms with Crippen LogP contribution in [0.15, 0.2) is 91.1 Å². The Morgan fingerprint density at radius 2 is 1.37 bits per heavy atom. The van der Waals surface area contributed by atoms with Crippen molar-refractivity contribution in [3.63, 3.8) is 0 Å². The molecule has 27 heavy (non-hydrogen) atoms. The first-order chi connectivity index (χ1) is 12.9. The topological polar surface area (TPSA) is 29.1 Å². The normalized spacial score (nSPS) is 11.5. The number of alkyl halides is 3. The van der Waals surface area contributed by atoms with Crippen molar-refractivity contribution in [3.8, 4) is 11.1 Å². The second-order valence-electron chi connectivity index (χ2n) is 5.86. The molecule has 136 valence electrons. The molecule has 0 heterocycles. The molecule has 0 aliphatic heterocycles. The summed E-state index contributed by atoms with van der Waals surface area (Å²) in [5.41, 5.74) is 2.35. The van der Waals surface area contributed by atoms with Crippen LogP contribution in [0.25, 0.3) is 11.1 Å². The van der Waals surface area contributed by atoms with Gasteiger partial charge in [0.1, 0.15) is 0 Å². The first-order valence-electron chi connectivity index (χ1n) is 8.24. The minimum Gasteiger partial charge on any atom is -0.362 e. The predicted molar refractivity (Wildman–Crippen MR) is 100 cm³/mol. The van der Waals surface area contributed by atoms with Gasteiger partial charge in [0.25, 0.3) is 0 Å². The van der Waals surface area contributed by atoms with E-state index < -0.39 is 11.7 Å². The Kier molecular flexibility index (Phi) is 5.41. The maximum atomic E-state index is 12.5. The summed E-state index contributed by atoms with van der Waals surface area (Å²) in [6.07, 6.45) is -1.61. The highest BCUT2D eigenvalue weighted by Gasteiger charge is 2.29. The molecule has 2 nitrogen and oxygen atoms in total. The molecule has 0 aliphatic carbocycles. The van der Waals surface area contributed by atoms with E-state index >= 15 is 0 Å². The van der Waals surface area contributed by atoms with Crippen molar-refractivity contribution >= 4 is 11.5 Å². The number of ketones is 1. The molecule has 0 saturated heterocycles. The van der Waals surface area contributed by atoms with Crippen molar-refractivity contribution in [1.82, 2.24) is 0 Å². The highest BCUT2D eigenvalue weighted by molar-refractivity contribution is 6.04. The van der Waals surface area contributed by atoms with Crippen LogP contribution in [0.2, 0.25) is 0 Å². The quantitative estimate of drug-likeness (QED) is 0.431. The molecule has 0 unspecified atom stereocenters. The first kappa shape index (κ1) is 18.5. The van der Waals surface area contributed by atoms with Crippen LogP contribution in [0.4, 0.5) is 18.9 Å². The zero-order valence-electron chi connectivity index (χ0n) is 14.2. The molecule has 0 atom stereocenters. The lowest BCUT2D eigenvalue weighted by atomic mass is 10.0. The van der Waals surface area contributed by atoms with Gasteiger partial charge in [0.2, 0.25) is 0 Å². The molecule has 5 heteroatoms. The van der Waals surface area contributed by atoms with E-state index in [2.05, 4.69) is 5.32 Å². The average Bonchev–Trinajstić information content (AvgIpc) is 2.68. The Bertz CT molecular complexity index is 928. The molecular formula is C22H16F3NO. The fourth-order valence-corrected chi connectivity index (χ4v) is 2.52. The molecule has 0 bridgehead atoms. The summed E-state index contributed by atoms with van der Waals surface area (Å²) in [4.78, 5) is 12.2. The van der Waals surface area contributed by atoms with Crippen LogP contribution in [0, 0.1) is 0 Å². The van der Waals surface area contributed by atoms with Gasteiger partial charge in [-0.15, -0.1) is 0 Å². The summed E-state index contributed by atoms with van der Waals surface area (Å²) >= 11 is 0. The maximum absolute atomic E-state index is 12.5. The third-order valence-electron chi connectivity index (χ3n) is 3.97. The van der Waals surface area contributed by atoms with E-state index in [-0.39, 0.29) is 5.78 Å². The van der Waals surface area contributed by atoms with Gasteiger partial charge in [-0.2, -0.15) is 13.2 Å². The first-order valence-corrected chi connectivity index (χ1v) is 8.24. The molecule has 0 radical (unpaired) electrons. The fraction of sp³-hybridized carbons (Fsp3) is 0.0455. The van der Waals surface area contributed by atoms with Gasteiger partial charge in [-0.05, 0) is 35.4 Å². The summed E-state index contributed by atoms with van der Waals surface area (Å²) in [5, 5.41) is 2.79. The van der Waals surface area contributed by atoms with E-state index in [1.165, 1.54) is 24.4 Å². The third kappa shape index (κ3) is 4.85. The van der Waals surface area contributed by atoms with E-state index in [0.29, 0.717) is 11.3 Å². The number of nitrogens with one attached hydrogen (secondary N) is 1. The van der Waals surface area contributed by atoms with Crippen LogP contribution >= 0.6 is 0 Å². The molecule has 0 saturated carbocycles. The van der Waals surface area contributed by atoms with Gasteiger partial charge < -0.3 is 5.32 Å². The predicted octanol–water partition coefficient (Wildman–Crippen LogP) is 6.18. The number of carbonyl (C=O) groups is 1. The number of halogens is 3. The van der Waals surface area contributed by atoms with E-state index in [4.69, 9.17) is 0 Å². The van der Waals surface area contributed by atoms with Gasteiger partial charge in [0.15, 0.2) is 5.78 Å². The standard InChI is InChI=1S/C22H16F3NO/c23-22(24,25)19-10-12-20(13-11-19)26-15-14-21(27)18-8-6-17(7-9-18)16-4-2-1-3-5-16/h1-15,26H. The lowest BCUT2D eigenvalue weighted by Gasteiger charge is -2.07. The number of hydrogen-bond donors (Lipinski definition) is 1. The molecule has 0 spiro atoms. The summed E-state index contributed by atoms with van der Waals surface area (Å²) in [7, 11) is 0. The lowest BCUT2D eigenvalue weighted by molar-refractivity contribution is -0.137. The number of anilines is 1. The molecule has 0 aliphatic rings. The number of hydrogen-bond acceptors (Lipinski definition) is 2. The molecule has 0 amide bonds. The minimum atomic E-state index is -4.36. The molecule has 0 aromatic heterocycles. The maximum Gasteiger partial charge on any atom is 0.416 e. The molecule has 3 aromatic rings. The molecular weight excluding hydrogens is 351 g/mol. The zero-order chi connectivity index (χ0) is 19.3. The Hall–Kier alpha value is -3.34. The summed E-state index contributed by atoms with van der Waals surface area (Å²) < 4.78 is 37.6. The van der Waals surface area contributed by atoms with Crippen molar-refractivity contribution in [2.24, 2.45) is 0 Å². The minimum absolute atomic E-state index is 0.200. The number of carbonyl (C=O) groups excluding carboxylic acids is 1. The summed E-state index contributed by atoms with van der Waals surface area (Å²) in [5.74, 6) is -0.200. The smallest absolute Gasteiger partial charge is 0.362 e. The van der Waals surface area contributed by atoms with Crippen molar-refractivity contribution in [1.29, 1.82) is 0 Å². The second-order valence-corrected chi connectivity index (χ2v) is 5.86. The molecule has 3 rings (SSSR count). The van der Waals surface area contributed by atoms with Gasteiger partial charge in [-0.3, -0.25) is 4.79 Å². The van der Waals surface area contributed by atoms with Gasteiger partial charge in [0, 0.05) is 23.5 Å². The van der Waals surface area contributed by atoms with Gasteiger partial charge in [0.05, 0.1) is 5.56 Å². The van der Waals surface area contributed by atoms with Gasteiger partial charge >= 0.3 is 6.18 Å². The third-order valence-corrected chi connectivity index (χ3v) is 3.97. The van der Waals surface area contributed by atoms with Crippen molar-refractivity contribution in [2.45, 2.75) is 6.18 Å². The van der Waals surface area contributed by atoms with Crippen molar-refractivity contribution in [2.75, 3.05) is 5.32 Å². The largest absolute Gasteiger partial charge is 0.416 e. The van der Waals surface area contributed by atoms with Crippen LogP contribution in [0.5, 0.6) is 0 Å². The second kappa shape index (κ2) is 7.91. The van der Waals surface area contributed by atoms with Crippen LogP contribution < -0.4 is 5.32 Å². The van der Waals surface area contributed by atoms with Crippen LogP contribution in [0.3, 0.4) is 0 Å². The number of rotatable bonds is 5. The number of allylic oxidation sites excluding steroid dienone is 1. The van der Waals surface area contributed by atoms with E-state index in [0.717, 1.165) is 23.3 Å². The monoisotopic (exact) mass is 367 g/mol. The Morgan fingerprint density at radius 1 is 0.778 bits per heavy atom. The van der Waals surface area contributed by atoms with Crippen molar-refractivity contribution in [3.05, 3.63) is 102 Å². The number of benzene rings is 3. The molecule has 0 fully saturated rings. The van der Waals surface area contributed by atoms with Crippen molar-refractivity contribution < 1.29 is 18.0 Å².